The van der Waals surface area contributed by atoms with Crippen molar-refractivity contribution in [1.82, 2.24) is 5.32 Å². The lowest BCUT2D eigenvalue weighted by molar-refractivity contribution is 0.0693. The fourth-order valence-corrected chi connectivity index (χ4v) is 1.77. The normalized spacial score (nSPS) is 12.7. The number of hydrogen-bond donors (Lipinski definition) is 3. The number of hydrogen-bond acceptors (Lipinski definition) is 4. The topological polar surface area (TPSA) is 81.9 Å². The van der Waals surface area contributed by atoms with Crippen LogP contribution in [0.2, 0.25) is 0 Å². The molecule has 1 atom stereocenters. The molecular weight excluding hydrogens is 244 g/mol. The highest BCUT2D eigenvalue weighted by Crippen LogP contribution is 2.22. The minimum absolute atomic E-state index is 0.0522. The molecule has 0 bridgehead atoms. The van der Waals surface area contributed by atoms with Gasteiger partial charge in [-0.1, -0.05) is 12.1 Å². The zero-order valence-electron chi connectivity index (χ0n) is 11.3. The highest BCUT2D eigenvalue weighted by atomic mass is 16.4. The lowest BCUT2D eigenvalue weighted by Crippen LogP contribution is -2.28. The van der Waals surface area contributed by atoms with Gasteiger partial charge in [0.05, 0.1) is 0 Å². The maximum Gasteiger partial charge on any atom is 0.339 e. The van der Waals surface area contributed by atoms with E-state index in [9.17, 15) is 9.90 Å². The Hall–Kier alpha value is -1.88. The van der Waals surface area contributed by atoms with Gasteiger partial charge in [0.2, 0.25) is 0 Å². The average molecular weight is 264 g/mol. The molecule has 5 nitrogen and oxygen atoms in total. The quantitative estimate of drug-likeness (QED) is 0.655. The smallest absolute Gasteiger partial charge is 0.339 e. The van der Waals surface area contributed by atoms with E-state index >= 15 is 0 Å². The number of aromatic carboxylic acids is 1. The van der Waals surface area contributed by atoms with Crippen LogP contribution in [0.15, 0.2) is 23.2 Å². The summed E-state index contributed by atoms with van der Waals surface area (Å²) in [7, 11) is 1.74. The second-order valence-corrected chi connectivity index (χ2v) is 4.40. The molecule has 0 saturated heterocycles. The van der Waals surface area contributed by atoms with Crippen molar-refractivity contribution in [2.24, 2.45) is 4.99 Å². The van der Waals surface area contributed by atoms with Crippen LogP contribution in [-0.4, -0.2) is 42.0 Å². The number of aromatic hydroxyl groups is 1. The first kappa shape index (κ1) is 15.2. The molecule has 0 heterocycles. The zero-order valence-corrected chi connectivity index (χ0v) is 11.3. The van der Waals surface area contributed by atoms with E-state index in [4.69, 9.17) is 5.11 Å². The molecule has 0 amide bonds. The maximum atomic E-state index is 10.9. The Kier molecular flexibility index (Phi) is 6.02. The van der Waals surface area contributed by atoms with Crippen molar-refractivity contribution in [3.8, 4) is 5.75 Å². The molecule has 5 heteroatoms. The van der Waals surface area contributed by atoms with Crippen molar-refractivity contribution in [2.75, 3.05) is 13.6 Å². The molecule has 0 aliphatic carbocycles. The number of aliphatic imine (C=N–C) groups is 1. The highest BCUT2D eigenvalue weighted by molar-refractivity contribution is 5.91. The van der Waals surface area contributed by atoms with E-state index in [2.05, 4.69) is 17.2 Å². The summed E-state index contributed by atoms with van der Waals surface area (Å²) in [6, 6.07) is 5.08. The van der Waals surface area contributed by atoms with Gasteiger partial charge >= 0.3 is 5.97 Å². The van der Waals surface area contributed by atoms with Crippen molar-refractivity contribution in [2.45, 2.75) is 25.8 Å². The van der Waals surface area contributed by atoms with Gasteiger partial charge in [0.15, 0.2) is 0 Å². The fraction of sp³-hybridized carbons (Fsp3) is 0.429. The van der Waals surface area contributed by atoms with Gasteiger partial charge in [-0.2, -0.15) is 0 Å². The molecule has 3 N–H and O–H groups in total. The van der Waals surface area contributed by atoms with Crippen LogP contribution in [0.1, 0.15) is 29.3 Å². The number of rotatable bonds is 7. The Bertz CT molecular complexity index is 458. The predicted octanol–water partition coefficient (Wildman–Crippen LogP) is 1.70. The monoisotopic (exact) mass is 264 g/mol. The van der Waals surface area contributed by atoms with Crippen molar-refractivity contribution < 1.29 is 15.0 Å². The van der Waals surface area contributed by atoms with Gasteiger partial charge in [0, 0.05) is 13.1 Å². The molecule has 0 aliphatic rings. The molecule has 0 spiro atoms. The standard InChI is InChI=1S/C14H20N2O3/c1-10(6-8-15-2)16-9-7-11-4-3-5-12(13(11)17)14(18)19/h3-5,8,10,16-17H,6-7,9H2,1-2H3,(H,18,19). The minimum Gasteiger partial charge on any atom is -0.507 e. The third kappa shape index (κ3) is 4.71. The van der Waals surface area contributed by atoms with Crippen LogP contribution in [0.25, 0.3) is 0 Å². The molecule has 0 aliphatic heterocycles. The molecular formula is C14H20N2O3. The molecule has 0 fully saturated rings. The van der Waals surface area contributed by atoms with Crippen LogP contribution in [0, 0.1) is 0 Å². The molecule has 0 aromatic heterocycles. The lowest BCUT2D eigenvalue weighted by atomic mass is 10.1. The summed E-state index contributed by atoms with van der Waals surface area (Å²) < 4.78 is 0. The first-order chi connectivity index (χ1) is 9.06. The van der Waals surface area contributed by atoms with Gasteiger partial charge in [-0.15, -0.1) is 0 Å². The zero-order chi connectivity index (χ0) is 14.3. The van der Waals surface area contributed by atoms with Gasteiger partial charge < -0.3 is 20.5 Å². The first-order valence-corrected chi connectivity index (χ1v) is 6.24. The molecule has 104 valence electrons. The van der Waals surface area contributed by atoms with E-state index in [0.717, 1.165) is 6.42 Å². The molecule has 0 saturated carbocycles. The minimum atomic E-state index is -1.11. The summed E-state index contributed by atoms with van der Waals surface area (Å²) in [6.07, 6.45) is 3.28. The maximum absolute atomic E-state index is 10.9. The van der Waals surface area contributed by atoms with Crippen molar-refractivity contribution >= 4 is 12.2 Å². The van der Waals surface area contributed by atoms with Crippen LogP contribution in [0.4, 0.5) is 0 Å². The molecule has 1 unspecified atom stereocenters. The van der Waals surface area contributed by atoms with Crippen molar-refractivity contribution in [3.05, 3.63) is 29.3 Å². The number of nitrogens with zero attached hydrogens (tertiary/aromatic N) is 1. The van der Waals surface area contributed by atoms with E-state index in [1.165, 1.54) is 6.07 Å². The summed E-state index contributed by atoms with van der Waals surface area (Å²) in [4.78, 5) is 14.8. The van der Waals surface area contributed by atoms with E-state index in [1.54, 1.807) is 19.2 Å². The Balaban J connectivity index is 2.54. The summed E-state index contributed by atoms with van der Waals surface area (Å²) in [6.45, 7) is 2.73. The average Bonchev–Trinajstić information content (AvgIpc) is 2.38. The summed E-state index contributed by atoms with van der Waals surface area (Å²) in [5, 5.41) is 22.0. The van der Waals surface area contributed by atoms with E-state index in [0.29, 0.717) is 24.6 Å². The molecule has 1 aromatic rings. The van der Waals surface area contributed by atoms with E-state index in [-0.39, 0.29) is 11.3 Å². The number of carboxylic acid groups (broad SMARTS) is 1. The Morgan fingerprint density at radius 1 is 1.53 bits per heavy atom. The molecule has 1 rings (SSSR count). The first-order valence-electron chi connectivity index (χ1n) is 6.24. The third-order valence-electron chi connectivity index (χ3n) is 2.88. The largest absolute Gasteiger partial charge is 0.507 e. The van der Waals surface area contributed by atoms with Gasteiger partial charge in [0.1, 0.15) is 11.3 Å². The Labute approximate surface area is 113 Å². The second kappa shape index (κ2) is 7.53. The van der Waals surface area contributed by atoms with Crippen LogP contribution in [0.5, 0.6) is 5.75 Å². The van der Waals surface area contributed by atoms with Gasteiger partial charge in [-0.25, -0.2) is 4.79 Å². The van der Waals surface area contributed by atoms with Crippen LogP contribution < -0.4 is 5.32 Å². The number of benzene rings is 1. The van der Waals surface area contributed by atoms with Crippen LogP contribution >= 0.6 is 0 Å². The summed E-state index contributed by atoms with van der Waals surface area (Å²) in [5.74, 6) is -1.25. The molecule has 19 heavy (non-hydrogen) atoms. The van der Waals surface area contributed by atoms with Gasteiger partial charge in [-0.05, 0) is 44.2 Å². The fourth-order valence-electron chi connectivity index (χ4n) is 1.77. The van der Waals surface area contributed by atoms with E-state index in [1.807, 2.05) is 6.21 Å². The van der Waals surface area contributed by atoms with Crippen molar-refractivity contribution in [1.29, 1.82) is 0 Å². The highest BCUT2D eigenvalue weighted by Gasteiger charge is 2.12. The number of phenols is 1. The molecule has 0 radical (unpaired) electrons. The SMILES string of the molecule is CN=CCC(C)NCCc1cccc(C(=O)O)c1O. The number of nitrogens with one attached hydrogen (secondary N) is 1. The predicted molar refractivity (Wildman–Crippen MR) is 75.3 cm³/mol. The molecule has 1 aromatic carbocycles. The summed E-state index contributed by atoms with van der Waals surface area (Å²) in [5.41, 5.74) is 0.590. The van der Waals surface area contributed by atoms with Gasteiger partial charge in [-0.3, -0.25) is 0 Å². The van der Waals surface area contributed by atoms with Crippen molar-refractivity contribution in [3.63, 3.8) is 0 Å². The number of para-hydroxylation sites is 1. The Morgan fingerprint density at radius 3 is 2.89 bits per heavy atom. The van der Waals surface area contributed by atoms with Crippen LogP contribution in [0.3, 0.4) is 0 Å². The van der Waals surface area contributed by atoms with E-state index < -0.39 is 5.97 Å². The van der Waals surface area contributed by atoms with Gasteiger partial charge in [0.25, 0.3) is 0 Å². The van der Waals surface area contributed by atoms with Crippen LogP contribution in [-0.2, 0) is 6.42 Å². The third-order valence-corrected chi connectivity index (χ3v) is 2.88. The number of carboxylic acids is 1. The Morgan fingerprint density at radius 2 is 2.26 bits per heavy atom. The lowest BCUT2D eigenvalue weighted by Gasteiger charge is -2.12. The second-order valence-electron chi connectivity index (χ2n) is 4.40. The number of carbonyl (C=O) groups is 1. The summed E-state index contributed by atoms with van der Waals surface area (Å²) >= 11 is 0.